The third-order valence-corrected chi connectivity index (χ3v) is 1.51. The Bertz CT molecular complexity index is 239. The molecule has 0 aliphatic carbocycles. The minimum atomic E-state index is 0.382. The zero-order chi connectivity index (χ0) is 7.40. The van der Waals surface area contributed by atoms with Crippen LogP contribution in [0.15, 0.2) is 23.2 Å². The normalized spacial score (nSPS) is 8.90. The molecule has 0 saturated heterocycles. The van der Waals surface area contributed by atoms with Crippen molar-refractivity contribution < 1.29 is 8.95 Å². The molecule has 1 aromatic heterocycles. The molecule has 0 unspecified atom stereocenters. The van der Waals surface area contributed by atoms with Crippen LogP contribution >= 0.6 is 0 Å². The lowest BCUT2D eigenvalue weighted by Gasteiger charge is -1.91. The molecule has 3 nitrogen and oxygen atoms in total. The first-order chi connectivity index (χ1) is 4.88. The van der Waals surface area contributed by atoms with E-state index in [2.05, 4.69) is 4.98 Å². The first-order valence-corrected chi connectivity index (χ1v) is 3.41. The van der Waals surface area contributed by atoms with Crippen molar-refractivity contribution in [1.29, 1.82) is 0 Å². The van der Waals surface area contributed by atoms with Crippen molar-refractivity contribution in [1.82, 2.24) is 4.98 Å². The van der Waals surface area contributed by atoms with Crippen LogP contribution in [0.4, 0.5) is 0 Å². The van der Waals surface area contributed by atoms with Crippen molar-refractivity contribution in [2.45, 2.75) is 4.90 Å². The van der Waals surface area contributed by atoms with Gasteiger partial charge in [0, 0.05) is 16.5 Å². The Balaban J connectivity index is 3.08. The van der Waals surface area contributed by atoms with Gasteiger partial charge in [0.15, 0.2) is 0 Å². The largest absolute Gasteiger partial charge is 0.511 e. The fourth-order valence-corrected chi connectivity index (χ4v) is 0.934. The number of aromatic nitrogens is 1. The van der Waals surface area contributed by atoms with Gasteiger partial charge in [-0.15, -0.1) is 0 Å². The molecule has 10 heavy (non-hydrogen) atoms. The van der Waals surface area contributed by atoms with E-state index >= 15 is 0 Å². The van der Waals surface area contributed by atoms with Gasteiger partial charge in [-0.3, -0.25) is 0 Å². The number of pyridine rings is 1. The minimum absolute atomic E-state index is 0.382. The Labute approximate surface area is 62.5 Å². The van der Waals surface area contributed by atoms with E-state index in [9.17, 15) is 4.21 Å². The van der Waals surface area contributed by atoms with Gasteiger partial charge in [-0.1, -0.05) is 0 Å². The second-order valence-electron chi connectivity index (χ2n) is 1.59. The van der Waals surface area contributed by atoms with E-state index in [1.54, 1.807) is 18.3 Å². The van der Waals surface area contributed by atoms with Crippen molar-refractivity contribution in [3.63, 3.8) is 0 Å². The van der Waals surface area contributed by atoms with Gasteiger partial charge in [0.05, 0.1) is 7.11 Å². The minimum Gasteiger partial charge on any atom is -0.477 e. The molecule has 0 bridgehead atoms. The summed E-state index contributed by atoms with van der Waals surface area (Å²) < 4.78 is 15.1. The summed E-state index contributed by atoms with van der Waals surface area (Å²) in [5.74, 6) is 0.391. The average molecular weight is 156 g/mol. The lowest BCUT2D eigenvalue weighted by Crippen LogP contribution is -1.89. The second kappa shape index (κ2) is 3.22. The summed E-state index contributed by atoms with van der Waals surface area (Å²) in [7, 11) is 1.49. The van der Waals surface area contributed by atoms with Gasteiger partial charge in [-0.25, -0.2) is 4.98 Å². The van der Waals surface area contributed by atoms with Crippen LogP contribution in [0.3, 0.4) is 0 Å². The van der Waals surface area contributed by atoms with Crippen LogP contribution in [0.2, 0.25) is 0 Å². The van der Waals surface area contributed by atoms with Crippen LogP contribution in [0.5, 0.6) is 5.88 Å². The molecule has 0 radical (unpaired) electrons. The van der Waals surface area contributed by atoms with E-state index in [1.807, 2.05) is 0 Å². The Morgan fingerprint density at radius 2 is 2.50 bits per heavy atom. The molecule has 1 rings (SSSR count). The van der Waals surface area contributed by atoms with Gasteiger partial charge in [0.25, 0.3) is 5.88 Å². The predicted octanol–water partition coefficient (Wildman–Crippen LogP) is 0.877. The summed E-state index contributed by atoms with van der Waals surface area (Å²) in [6.07, 6.45) is 1.58. The van der Waals surface area contributed by atoms with Crippen LogP contribution < -0.4 is 4.74 Å². The Kier molecular flexibility index (Phi) is 2.28. The molecular formula is C6H6NO2S+. The second-order valence-corrected chi connectivity index (χ2v) is 2.20. The lowest BCUT2D eigenvalue weighted by atomic mass is 10.5. The van der Waals surface area contributed by atoms with Gasteiger partial charge in [-0.05, 0) is 6.07 Å². The summed E-state index contributed by atoms with van der Waals surface area (Å²) in [6, 6.07) is 3.37. The summed E-state index contributed by atoms with van der Waals surface area (Å²) in [5.41, 5.74) is 0. The predicted molar refractivity (Wildman–Crippen MR) is 37.1 cm³/mol. The quantitative estimate of drug-likeness (QED) is 0.596. The molecule has 0 N–H and O–H groups in total. The van der Waals surface area contributed by atoms with E-state index in [1.165, 1.54) is 7.11 Å². The summed E-state index contributed by atoms with van der Waals surface area (Å²) in [5, 5.41) is 0. The number of hydrogen-bond donors (Lipinski definition) is 0. The molecule has 4 heteroatoms. The van der Waals surface area contributed by atoms with Crippen molar-refractivity contribution in [3.05, 3.63) is 18.3 Å². The van der Waals surface area contributed by atoms with Crippen molar-refractivity contribution in [2.24, 2.45) is 0 Å². The molecule has 0 aromatic carbocycles. The molecule has 0 spiro atoms. The first kappa shape index (κ1) is 7.08. The zero-order valence-corrected chi connectivity index (χ0v) is 6.22. The molecule has 0 aliphatic rings. The number of ether oxygens (including phenoxy) is 1. The van der Waals surface area contributed by atoms with Gasteiger partial charge in [0.1, 0.15) is 0 Å². The highest BCUT2D eigenvalue weighted by Crippen LogP contribution is 2.12. The fraction of sp³-hybridized carbons (Fsp3) is 0.167. The third-order valence-electron chi connectivity index (χ3n) is 1.02. The topological polar surface area (TPSA) is 39.2 Å². The van der Waals surface area contributed by atoms with Crippen LogP contribution in [-0.4, -0.2) is 12.1 Å². The van der Waals surface area contributed by atoms with Crippen LogP contribution in [0.25, 0.3) is 0 Å². The Hall–Kier alpha value is -1.03. The summed E-state index contributed by atoms with van der Waals surface area (Å²) in [6.45, 7) is 0. The number of hydrogen-bond acceptors (Lipinski definition) is 3. The zero-order valence-electron chi connectivity index (χ0n) is 5.40. The van der Waals surface area contributed by atoms with Crippen molar-refractivity contribution >= 4 is 11.7 Å². The number of methoxy groups -OCH3 is 1. The van der Waals surface area contributed by atoms with Gasteiger partial charge < -0.3 is 4.74 Å². The summed E-state index contributed by atoms with van der Waals surface area (Å²) in [4.78, 5) is 4.34. The van der Waals surface area contributed by atoms with Gasteiger partial charge in [-0.2, -0.15) is 0 Å². The number of nitrogens with zero attached hydrogens (tertiary/aromatic N) is 1. The molecular weight excluding hydrogens is 150 g/mol. The van der Waals surface area contributed by atoms with Crippen molar-refractivity contribution in [2.75, 3.05) is 7.11 Å². The maximum Gasteiger partial charge on any atom is 0.511 e. The molecule has 0 amide bonds. The highest BCUT2D eigenvalue weighted by molar-refractivity contribution is 7.65. The van der Waals surface area contributed by atoms with E-state index in [4.69, 9.17) is 4.74 Å². The smallest absolute Gasteiger partial charge is 0.477 e. The Morgan fingerprint density at radius 1 is 1.70 bits per heavy atom. The molecule has 0 saturated carbocycles. The maximum atomic E-state index is 10.3. The van der Waals surface area contributed by atoms with Gasteiger partial charge >= 0.3 is 16.6 Å². The van der Waals surface area contributed by atoms with Crippen LogP contribution in [0.1, 0.15) is 0 Å². The molecule has 0 fully saturated rings. The first-order valence-electron chi connectivity index (χ1n) is 2.67. The molecule has 1 heterocycles. The maximum absolute atomic E-state index is 10.3. The number of rotatable bonds is 2. The van der Waals surface area contributed by atoms with E-state index in [0.29, 0.717) is 22.4 Å². The Morgan fingerprint density at radius 3 is 3.00 bits per heavy atom. The standard InChI is InChI=1S/C6H6NO2S/c1-9-6-5(10-8)3-2-4-7-6/h2-4H,1H3/q+1. The van der Waals surface area contributed by atoms with Crippen molar-refractivity contribution in [3.8, 4) is 5.88 Å². The average Bonchev–Trinajstić information content (AvgIpc) is 2.04. The van der Waals surface area contributed by atoms with Crippen LogP contribution in [-0.2, 0) is 15.9 Å². The molecule has 0 atom stereocenters. The SMILES string of the molecule is COc1ncccc1[S+]=O. The monoisotopic (exact) mass is 156 g/mol. The molecule has 1 aromatic rings. The lowest BCUT2D eigenvalue weighted by molar-refractivity contribution is 0.386. The molecule has 52 valence electrons. The summed E-state index contributed by atoms with van der Waals surface area (Å²) >= 11 is 0.382. The third kappa shape index (κ3) is 1.27. The van der Waals surface area contributed by atoms with Gasteiger partial charge in [0.2, 0.25) is 0 Å². The van der Waals surface area contributed by atoms with E-state index in [-0.39, 0.29) is 0 Å². The van der Waals surface area contributed by atoms with E-state index < -0.39 is 0 Å². The highest BCUT2D eigenvalue weighted by atomic mass is 32.1. The van der Waals surface area contributed by atoms with Crippen LogP contribution in [0, 0.1) is 0 Å². The highest BCUT2D eigenvalue weighted by Gasteiger charge is 2.14. The molecule has 0 aliphatic heterocycles. The van der Waals surface area contributed by atoms with E-state index in [0.717, 1.165) is 0 Å². The fourth-order valence-electron chi connectivity index (χ4n) is 0.593.